The Labute approximate surface area is 170 Å². The van der Waals surface area contributed by atoms with Gasteiger partial charge in [0, 0.05) is 17.2 Å². The van der Waals surface area contributed by atoms with Gasteiger partial charge < -0.3 is 4.74 Å². The molecule has 2 aromatic rings. The van der Waals surface area contributed by atoms with Gasteiger partial charge in [0.25, 0.3) is 0 Å². The molecule has 0 saturated carbocycles. The number of rotatable bonds is 2. The van der Waals surface area contributed by atoms with Gasteiger partial charge in [0.15, 0.2) is 0 Å². The summed E-state index contributed by atoms with van der Waals surface area (Å²) in [5.74, 6) is -3.48. The number of nitrogens with zero attached hydrogens (tertiary/aromatic N) is 1. The SMILES string of the molecule is CC(C)(C)OC(=O)N(C1=C(Cl)C(=O)c2ccccc2C1=O)c1ccc(F)cc1F. The van der Waals surface area contributed by atoms with E-state index in [-0.39, 0.29) is 11.1 Å². The monoisotopic (exact) mass is 419 g/mol. The van der Waals surface area contributed by atoms with Gasteiger partial charge in [0.2, 0.25) is 11.6 Å². The highest BCUT2D eigenvalue weighted by atomic mass is 35.5. The van der Waals surface area contributed by atoms with Gasteiger partial charge in [0.1, 0.15) is 28.0 Å². The van der Waals surface area contributed by atoms with E-state index in [9.17, 15) is 23.2 Å². The third-order valence-electron chi connectivity index (χ3n) is 3.99. The Hall–Kier alpha value is -3.06. The molecule has 1 aliphatic rings. The highest BCUT2D eigenvalue weighted by Crippen LogP contribution is 2.35. The molecule has 0 unspecified atom stereocenters. The minimum atomic E-state index is -1.14. The van der Waals surface area contributed by atoms with Crippen LogP contribution in [0.5, 0.6) is 0 Å². The summed E-state index contributed by atoms with van der Waals surface area (Å²) in [5.41, 5.74) is -1.97. The van der Waals surface area contributed by atoms with Crippen molar-refractivity contribution in [1.82, 2.24) is 0 Å². The van der Waals surface area contributed by atoms with Crippen molar-refractivity contribution in [1.29, 1.82) is 0 Å². The lowest BCUT2D eigenvalue weighted by molar-refractivity contribution is 0.0585. The zero-order valence-electron chi connectivity index (χ0n) is 15.8. The minimum Gasteiger partial charge on any atom is -0.443 e. The number of amides is 1. The second kappa shape index (κ2) is 7.40. The molecule has 0 aromatic heterocycles. The average molecular weight is 420 g/mol. The van der Waals surface area contributed by atoms with E-state index in [4.69, 9.17) is 16.3 Å². The van der Waals surface area contributed by atoms with Crippen molar-refractivity contribution in [3.05, 3.63) is 76.0 Å². The number of hydrogen-bond donors (Lipinski definition) is 0. The quantitative estimate of drug-likeness (QED) is 0.668. The van der Waals surface area contributed by atoms with E-state index < -0.39 is 51.3 Å². The maximum Gasteiger partial charge on any atom is 0.419 e. The van der Waals surface area contributed by atoms with E-state index in [0.29, 0.717) is 11.0 Å². The first-order chi connectivity index (χ1) is 13.5. The predicted octanol–water partition coefficient (Wildman–Crippen LogP) is 5.24. The molecule has 0 saturated heterocycles. The highest BCUT2D eigenvalue weighted by molar-refractivity contribution is 6.50. The molecule has 1 aliphatic carbocycles. The fourth-order valence-electron chi connectivity index (χ4n) is 2.81. The van der Waals surface area contributed by atoms with E-state index in [2.05, 4.69) is 0 Å². The third-order valence-corrected chi connectivity index (χ3v) is 4.34. The van der Waals surface area contributed by atoms with Crippen molar-refractivity contribution in [2.75, 3.05) is 4.90 Å². The zero-order valence-corrected chi connectivity index (χ0v) is 16.5. The second-order valence-electron chi connectivity index (χ2n) is 7.28. The van der Waals surface area contributed by atoms with Gasteiger partial charge in [-0.05, 0) is 32.9 Å². The molecular formula is C21H16ClF2NO4. The first kappa shape index (κ1) is 20.7. The molecule has 0 fully saturated rings. The number of halogens is 3. The molecule has 0 radical (unpaired) electrons. The van der Waals surface area contributed by atoms with Crippen LogP contribution in [-0.2, 0) is 4.74 Å². The third kappa shape index (κ3) is 3.91. The summed E-state index contributed by atoms with van der Waals surface area (Å²) in [4.78, 5) is 39.2. The van der Waals surface area contributed by atoms with Gasteiger partial charge in [-0.1, -0.05) is 35.9 Å². The summed E-state index contributed by atoms with van der Waals surface area (Å²) in [6.45, 7) is 4.72. The summed E-state index contributed by atoms with van der Waals surface area (Å²) in [5, 5.41) is -0.566. The van der Waals surface area contributed by atoms with Crippen LogP contribution in [0.3, 0.4) is 0 Å². The van der Waals surface area contributed by atoms with Crippen LogP contribution in [0.4, 0.5) is 19.3 Å². The summed E-state index contributed by atoms with van der Waals surface area (Å²) in [6, 6.07) is 8.33. The molecule has 29 heavy (non-hydrogen) atoms. The lowest BCUT2D eigenvalue weighted by atomic mass is 9.91. The van der Waals surface area contributed by atoms with Crippen molar-refractivity contribution < 1.29 is 27.9 Å². The number of benzene rings is 2. The fourth-order valence-corrected chi connectivity index (χ4v) is 3.08. The molecule has 2 aromatic carbocycles. The van der Waals surface area contributed by atoms with E-state index in [1.54, 1.807) is 26.8 Å². The first-order valence-electron chi connectivity index (χ1n) is 8.57. The number of carbonyl (C=O) groups excluding carboxylic acids is 3. The zero-order chi connectivity index (χ0) is 21.5. The van der Waals surface area contributed by atoms with Crippen molar-refractivity contribution in [3.8, 4) is 0 Å². The van der Waals surface area contributed by atoms with E-state index in [1.807, 2.05) is 0 Å². The number of Topliss-reactive ketones (excluding diaryl/α,β-unsaturated/α-hetero) is 2. The summed E-state index contributed by atoms with van der Waals surface area (Å²) in [6.07, 6.45) is -1.14. The first-order valence-corrected chi connectivity index (χ1v) is 8.95. The predicted molar refractivity (Wildman–Crippen MR) is 103 cm³/mol. The van der Waals surface area contributed by atoms with Crippen LogP contribution < -0.4 is 4.90 Å². The number of hydrogen-bond acceptors (Lipinski definition) is 4. The Bertz CT molecular complexity index is 1070. The molecule has 0 spiro atoms. The van der Waals surface area contributed by atoms with Crippen molar-refractivity contribution in [2.24, 2.45) is 0 Å². The highest BCUT2D eigenvalue weighted by Gasteiger charge is 2.39. The Kier molecular flexibility index (Phi) is 5.28. The second-order valence-corrected chi connectivity index (χ2v) is 7.66. The van der Waals surface area contributed by atoms with Gasteiger partial charge in [-0.15, -0.1) is 0 Å². The fraction of sp³-hybridized carbons (Fsp3) is 0.190. The number of ether oxygens (including phenoxy) is 1. The Morgan fingerprint density at radius 3 is 2.14 bits per heavy atom. The van der Waals surface area contributed by atoms with E-state index in [0.717, 1.165) is 12.1 Å². The largest absolute Gasteiger partial charge is 0.443 e. The van der Waals surface area contributed by atoms with Crippen molar-refractivity contribution in [2.45, 2.75) is 26.4 Å². The van der Waals surface area contributed by atoms with Gasteiger partial charge in [-0.2, -0.15) is 0 Å². The number of allylic oxidation sites excluding steroid dienone is 2. The van der Waals surface area contributed by atoms with Crippen LogP contribution >= 0.6 is 11.6 Å². The molecule has 0 N–H and O–H groups in total. The topological polar surface area (TPSA) is 63.7 Å². The van der Waals surface area contributed by atoms with Crippen molar-refractivity contribution >= 4 is 34.9 Å². The number of anilines is 1. The summed E-state index contributed by atoms with van der Waals surface area (Å²) >= 11 is 6.16. The van der Waals surface area contributed by atoms with Gasteiger partial charge in [0.05, 0.1) is 5.69 Å². The van der Waals surface area contributed by atoms with Crippen LogP contribution in [-0.4, -0.2) is 23.3 Å². The number of carbonyl (C=O) groups is 3. The van der Waals surface area contributed by atoms with Crippen LogP contribution in [0.25, 0.3) is 0 Å². The molecule has 0 atom stereocenters. The smallest absolute Gasteiger partial charge is 0.419 e. The molecule has 0 aliphatic heterocycles. The molecule has 5 nitrogen and oxygen atoms in total. The van der Waals surface area contributed by atoms with Crippen LogP contribution in [0, 0.1) is 11.6 Å². The maximum absolute atomic E-state index is 14.5. The molecule has 8 heteroatoms. The Morgan fingerprint density at radius 1 is 1.00 bits per heavy atom. The van der Waals surface area contributed by atoms with Crippen LogP contribution in [0.15, 0.2) is 53.2 Å². The van der Waals surface area contributed by atoms with Crippen molar-refractivity contribution in [3.63, 3.8) is 0 Å². The minimum absolute atomic E-state index is 0.00739. The Balaban J connectivity index is 2.23. The average Bonchev–Trinajstić information content (AvgIpc) is 2.63. The number of fused-ring (bicyclic) bond motifs is 1. The molecule has 3 rings (SSSR count). The Morgan fingerprint density at radius 2 is 1.59 bits per heavy atom. The number of ketones is 2. The normalized spacial score (nSPS) is 14.0. The standard InChI is InChI=1S/C21H16ClF2NO4/c1-21(2,3)29-20(28)25(15-9-8-11(23)10-14(15)24)17-16(22)18(26)12-6-4-5-7-13(12)19(17)27/h4-10H,1-3H3. The van der Waals surface area contributed by atoms with Crippen LogP contribution in [0.2, 0.25) is 0 Å². The van der Waals surface area contributed by atoms with Crippen LogP contribution in [0.1, 0.15) is 41.5 Å². The van der Waals surface area contributed by atoms with E-state index >= 15 is 0 Å². The van der Waals surface area contributed by atoms with Gasteiger partial charge >= 0.3 is 6.09 Å². The van der Waals surface area contributed by atoms with E-state index in [1.165, 1.54) is 18.2 Å². The molecule has 1 amide bonds. The van der Waals surface area contributed by atoms with Gasteiger partial charge in [-0.25, -0.2) is 18.5 Å². The molecular weight excluding hydrogens is 404 g/mol. The summed E-state index contributed by atoms with van der Waals surface area (Å²) in [7, 11) is 0. The summed E-state index contributed by atoms with van der Waals surface area (Å²) < 4.78 is 33.2. The molecule has 150 valence electrons. The maximum atomic E-state index is 14.5. The van der Waals surface area contributed by atoms with Gasteiger partial charge in [-0.3, -0.25) is 9.59 Å². The lowest BCUT2D eigenvalue weighted by Crippen LogP contribution is -2.41. The molecule has 0 heterocycles. The lowest BCUT2D eigenvalue weighted by Gasteiger charge is -2.30. The molecule has 0 bridgehead atoms.